The Morgan fingerprint density at radius 1 is 1.20 bits per heavy atom. The molecule has 0 radical (unpaired) electrons. The monoisotopic (exact) mass is 397 g/mol. The van der Waals surface area contributed by atoms with Gasteiger partial charge >= 0.3 is 0 Å². The molecule has 20 heavy (non-hydrogen) atoms. The van der Waals surface area contributed by atoms with Crippen LogP contribution < -0.4 is 10.6 Å². The molecule has 0 saturated heterocycles. The van der Waals surface area contributed by atoms with Crippen LogP contribution in [0, 0.1) is 5.41 Å². The van der Waals surface area contributed by atoms with Gasteiger partial charge < -0.3 is 15.4 Å². The highest BCUT2D eigenvalue weighted by Gasteiger charge is 2.34. The van der Waals surface area contributed by atoms with E-state index in [1.54, 1.807) is 0 Å². The largest absolute Gasteiger partial charge is 0.382 e. The van der Waals surface area contributed by atoms with E-state index in [1.165, 1.54) is 25.7 Å². The van der Waals surface area contributed by atoms with Crippen molar-refractivity contribution in [3.63, 3.8) is 0 Å². The second-order valence-corrected chi connectivity index (χ2v) is 5.38. The number of nitrogens with one attached hydrogen (secondary N) is 2. The molecule has 2 N–H and O–H groups in total. The molecule has 0 aromatic heterocycles. The molecule has 0 aliphatic heterocycles. The maximum absolute atomic E-state index is 5.33. The van der Waals surface area contributed by atoms with E-state index in [9.17, 15) is 0 Å². The Kier molecular flexibility index (Phi) is 11.6. The Morgan fingerprint density at radius 3 is 2.45 bits per heavy atom. The zero-order valence-electron chi connectivity index (χ0n) is 13.3. The van der Waals surface area contributed by atoms with E-state index in [2.05, 4.69) is 24.5 Å². The molecule has 1 aliphatic rings. The fourth-order valence-electron chi connectivity index (χ4n) is 2.41. The average molecular weight is 397 g/mol. The summed E-state index contributed by atoms with van der Waals surface area (Å²) in [4.78, 5) is 4.75. The van der Waals surface area contributed by atoms with Crippen LogP contribution in [0.25, 0.3) is 0 Å². The van der Waals surface area contributed by atoms with Gasteiger partial charge in [0.05, 0.1) is 0 Å². The first-order valence-electron chi connectivity index (χ1n) is 7.86. The van der Waals surface area contributed by atoms with E-state index in [1.807, 2.05) is 6.92 Å². The van der Waals surface area contributed by atoms with Crippen molar-refractivity contribution in [2.75, 3.05) is 32.8 Å². The number of rotatable bonds is 9. The fourth-order valence-corrected chi connectivity index (χ4v) is 2.41. The van der Waals surface area contributed by atoms with Gasteiger partial charge in [-0.25, -0.2) is 0 Å². The molecular weight excluding hydrogens is 365 g/mol. The average Bonchev–Trinajstić information content (AvgIpc) is 2.37. The van der Waals surface area contributed by atoms with Crippen LogP contribution >= 0.6 is 24.0 Å². The van der Waals surface area contributed by atoms with Crippen LogP contribution in [-0.4, -0.2) is 38.8 Å². The zero-order valence-corrected chi connectivity index (χ0v) is 15.7. The Morgan fingerprint density at radius 2 is 1.95 bits per heavy atom. The molecule has 1 aliphatic carbocycles. The number of halogens is 1. The van der Waals surface area contributed by atoms with Gasteiger partial charge in [0.2, 0.25) is 0 Å². The first-order valence-corrected chi connectivity index (χ1v) is 7.86. The smallest absolute Gasteiger partial charge is 0.191 e. The van der Waals surface area contributed by atoms with Gasteiger partial charge in [0, 0.05) is 32.8 Å². The molecule has 4 nitrogen and oxygen atoms in total. The molecule has 0 aromatic carbocycles. The van der Waals surface area contributed by atoms with Crippen molar-refractivity contribution < 1.29 is 4.74 Å². The number of aliphatic imine (C=N–C) groups is 1. The SMILES string of the molecule is CCNC(=NCC1(CC)CCC1)NCCCOCC.I. The summed E-state index contributed by atoms with van der Waals surface area (Å²) < 4.78 is 5.33. The summed E-state index contributed by atoms with van der Waals surface area (Å²) in [6.07, 6.45) is 6.34. The molecule has 0 atom stereocenters. The molecule has 1 fully saturated rings. The molecule has 1 rings (SSSR count). The first-order chi connectivity index (χ1) is 9.26. The van der Waals surface area contributed by atoms with Gasteiger partial charge in [-0.15, -0.1) is 24.0 Å². The van der Waals surface area contributed by atoms with Crippen LogP contribution in [0.5, 0.6) is 0 Å². The molecule has 120 valence electrons. The predicted molar refractivity (Wildman–Crippen MR) is 97.1 cm³/mol. The van der Waals surface area contributed by atoms with Gasteiger partial charge in [0.1, 0.15) is 0 Å². The second kappa shape index (κ2) is 11.6. The summed E-state index contributed by atoms with van der Waals surface area (Å²) in [6, 6.07) is 0. The topological polar surface area (TPSA) is 45.7 Å². The lowest BCUT2D eigenvalue weighted by Crippen LogP contribution is -2.40. The first kappa shape index (κ1) is 20.0. The lowest BCUT2D eigenvalue weighted by molar-refractivity contribution is 0.139. The third kappa shape index (κ3) is 7.11. The molecular formula is C15H32IN3O. The van der Waals surface area contributed by atoms with E-state index in [0.29, 0.717) is 5.41 Å². The van der Waals surface area contributed by atoms with Crippen molar-refractivity contribution in [3.05, 3.63) is 0 Å². The zero-order chi connectivity index (χ0) is 14.0. The van der Waals surface area contributed by atoms with E-state index >= 15 is 0 Å². The Bertz CT molecular complexity index is 262. The van der Waals surface area contributed by atoms with E-state index < -0.39 is 0 Å². The van der Waals surface area contributed by atoms with Crippen LogP contribution in [0.15, 0.2) is 4.99 Å². The Hall–Kier alpha value is -0.0400. The van der Waals surface area contributed by atoms with E-state index in [-0.39, 0.29) is 24.0 Å². The lowest BCUT2D eigenvalue weighted by atomic mass is 9.67. The summed E-state index contributed by atoms with van der Waals surface area (Å²) >= 11 is 0. The third-order valence-electron chi connectivity index (χ3n) is 4.04. The Labute approximate surface area is 141 Å². The minimum absolute atomic E-state index is 0. The van der Waals surface area contributed by atoms with Crippen molar-refractivity contribution >= 4 is 29.9 Å². The Balaban J connectivity index is 0.00000361. The number of guanidine groups is 1. The minimum atomic E-state index is 0. The fraction of sp³-hybridized carbons (Fsp3) is 0.933. The second-order valence-electron chi connectivity index (χ2n) is 5.38. The van der Waals surface area contributed by atoms with Crippen LogP contribution in [0.3, 0.4) is 0 Å². The van der Waals surface area contributed by atoms with Gasteiger partial charge in [-0.05, 0) is 44.9 Å². The van der Waals surface area contributed by atoms with Crippen molar-refractivity contribution in [2.45, 2.75) is 52.9 Å². The van der Waals surface area contributed by atoms with Gasteiger partial charge in [-0.1, -0.05) is 13.3 Å². The molecule has 0 bridgehead atoms. The van der Waals surface area contributed by atoms with Crippen molar-refractivity contribution in [2.24, 2.45) is 10.4 Å². The molecule has 0 heterocycles. The van der Waals surface area contributed by atoms with Crippen LogP contribution in [0.4, 0.5) is 0 Å². The molecule has 0 spiro atoms. The van der Waals surface area contributed by atoms with Crippen LogP contribution in [-0.2, 0) is 4.74 Å². The van der Waals surface area contributed by atoms with Gasteiger partial charge in [-0.2, -0.15) is 0 Å². The highest BCUT2D eigenvalue weighted by molar-refractivity contribution is 14.0. The molecule has 0 unspecified atom stereocenters. The molecule has 0 aromatic rings. The lowest BCUT2D eigenvalue weighted by Gasteiger charge is -2.40. The van der Waals surface area contributed by atoms with Crippen LogP contribution in [0.2, 0.25) is 0 Å². The van der Waals surface area contributed by atoms with Crippen LogP contribution in [0.1, 0.15) is 52.9 Å². The maximum Gasteiger partial charge on any atom is 0.191 e. The summed E-state index contributed by atoms with van der Waals surface area (Å²) in [5.74, 6) is 0.957. The predicted octanol–water partition coefficient (Wildman–Crippen LogP) is 3.17. The highest BCUT2D eigenvalue weighted by atomic mass is 127. The number of hydrogen-bond donors (Lipinski definition) is 2. The number of nitrogens with zero attached hydrogens (tertiary/aromatic N) is 1. The number of ether oxygens (including phenoxy) is 1. The van der Waals surface area contributed by atoms with Gasteiger partial charge in [0.15, 0.2) is 5.96 Å². The molecule has 1 saturated carbocycles. The molecule has 5 heteroatoms. The normalized spacial score (nSPS) is 17.1. The third-order valence-corrected chi connectivity index (χ3v) is 4.04. The van der Waals surface area contributed by atoms with E-state index in [4.69, 9.17) is 9.73 Å². The van der Waals surface area contributed by atoms with Gasteiger partial charge in [-0.3, -0.25) is 4.99 Å². The standard InChI is InChI=1S/C15H31N3O.HI/c1-4-15(9-7-10-15)13-18-14(16-5-2)17-11-8-12-19-6-3;/h4-13H2,1-3H3,(H2,16,17,18);1H. The molecule has 0 amide bonds. The summed E-state index contributed by atoms with van der Waals surface area (Å²) in [7, 11) is 0. The van der Waals surface area contributed by atoms with Crippen molar-refractivity contribution in [3.8, 4) is 0 Å². The quantitative estimate of drug-likeness (QED) is 0.272. The van der Waals surface area contributed by atoms with E-state index in [0.717, 1.165) is 45.2 Å². The summed E-state index contributed by atoms with van der Waals surface area (Å²) in [5, 5.41) is 6.70. The van der Waals surface area contributed by atoms with Crippen molar-refractivity contribution in [1.29, 1.82) is 0 Å². The van der Waals surface area contributed by atoms with Gasteiger partial charge in [0.25, 0.3) is 0 Å². The number of hydrogen-bond acceptors (Lipinski definition) is 2. The minimum Gasteiger partial charge on any atom is -0.382 e. The van der Waals surface area contributed by atoms with Crippen molar-refractivity contribution in [1.82, 2.24) is 10.6 Å². The maximum atomic E-state index is 5.33. The highest BCUT2D eigenvalue weighted by Crippen LogP contribution is 2.43. The summed E-state index contributed by atoms with van der Waals surface area (Å²) in [6.45, 7) is 10.8. The summed E-state index contributed by atoms with van der Waals surface area (Å²) in [5.41, 5.74) is 0.494.